The molecule has 1 aromatic heterocycles. The summed E-state index contributed by atoms with van der Waals surface area (Å²) >= 11 is 1.41. The summed E-state index contributed by atoms with van der Waals surface area (Å²) < 4.78 is 0. The smallest absolute Gasteiger partial charge is 0.306 e. The van der Waals surface area contributed by atoms with E-state index >= 15 is 0 Å². The molecule has 0 saturated carbocycles. The van der Waals surface area contributed by atoms with Crippen molar-refractivity contribution in [1.82, 2.24) is 4.98 Å². The lowest BCUT2D eigenvalue weighted by molar-refractivity contribution is -0.141. The van der Waals surface area contributed by atoms with Crippen LogP contribution in [0.3, 0.4) is 0 Å². The molecule has 0 aliphatic rings. The molecule has 2 N–H and O–H groups in total. The van der Waals surface area contributed by atoms with Gasteiger partial charge in [0.05, 0.1) is 16.6 Å². The first-order valence-electron chi connectivity index (χ1n) is 8.35. The van der Waals surface area contributed by atoms with Gasteiger partial charge in [0, 0.05) is 5.69 Å². The first-order valence-corrected chi connectivity index (χ1v) is 9.17. The molecule has 6 heteroatoms. The van der Waals surface area contributed by atoms with Crippen LogP contribution < -0.4 is 5.32 Å². The van der Waals surface area contributed by atoms with Gasteiger partial charge in [0.25, 0.3) is 5.91 Å². The monoisotopic (exact) mass is 360 g/mol. The molecule has 0 spiro atoms. The zero-order chi connectivity index (χ0) is 18.6. The number of carboxylic acid groups (broad SMARTS) is 1. The number of hydrogen-bond acceptors (Lipinski definition) is 4. The van der Waals surface area contributed by atoms with Gasteiger partial charge >= 0.3 is 5.97 Å². The molecule has 0 aliphatic heterocycles. The Kier molecular flexibility index (Phi) is 6.31. The maximum atomic E-state index is 12.6. The number of aromatic nitrogens is 1. The molecular weight excluding hydrogens is 336 g/mol. The molecule has 1 atom stereocenters. The summed E-state index contributed by atoms with van der Waals surface area (Å²) in [5.41, 5.74) is 2.47. The van der Waals surface area contributed by atoms with E-state index in [4.69, 9.17) is 5.11 Å². The fourth-order valence-corrected chi connectivity index (χ4v) is 3.37. The van der Waals surface area contributed by atoms with Crippen LogP contribution in [0.4, 0.5) is 5.69 Å². The van der Waals surface area contributed by atoms with Crippen molar-refractivity contribution in [1.29, 1.82) is 0 Å². The lowest BCUT2D eigenvalue weighted by Gasteiger charge is -2.09. The van der Waals surface area contributed by atoms with E-state index in [9.17, 15) is 9.59 Å². The Morgan fingerprint density at radius 1 is 1.16 bits per heavy atom. The molecule has 0 saturated heterocycles. The molecule has 2 aromatic rings. The minimum atomic E-state index is -0.810. The van der Waals surface area contributed by atoms with Crippen LogP contribution in [0.1, 0.15) is 46.7 Å². The second-order valence-corrected chi connectivity index (χ2v) is 7.90. The molecular formula is C19H24N2O3S. The second kappa shape index (κ2) is 8.25. The first kappa shape index (κ1) is 19.1. The van der Waals surface area contributed by atoms with Crippen molar-refractivity contribution in [2.75, 3.05) is 5.32 Å². The molecule has 0 fully saturated rings. The zero-order valence-electron chi connectivity index (χ0n) is 15.0. The van der Waals surface area contributed by atoms with E-state index in [1.54, 1.807) is 19.1 Å². The number of nitrogens with one attached hydrogen (secondary N) is 1. The standard InChI is InChI=1S/C19H24N2O3S/c1-11(2)9-16-17(25-13(4)20-16)18(22)21-15-7-5-14(6-8-15)10-12(3)19(23)24/h5-8,11-12H,9-10H2,1-4H3,(H,21,22)(H,23,24). The van der Waals surface area contributed by atoms with E-state index in [2.05, 4.69) is 24.1 Å². The number of benzene rings is 1. The van der Waals surface area contributed by atoms with Gasteiger partial charge in [0.15, 0.2) is 0 Å². The number of carbonyl (C=O) groups is 2. The van der Waals surface area contributed by atoms with Crippen LogP contribution in [-0.4, -0.2) is 22.0 Å². The molecule has 1 unspecified atom stereocenters. The second-order valence-electron chi connectivity index (χ2n) is 6.70. The Morgan fingerprint density at radius 3 is 2.36 bits per heavy atom. The highest BCUT2D eigenvalue weighted by atomic mass is 32.1. The molecule has 134 valence electrons. The predicted molar refractivity (Wildman–Crippen MR) is 100 cm³/mol. The number of aliphatic carboxylic acids is 1. The van der Waals surface area contributed by atoms with Crippen LogP contribution in [0.2, 0.25) is 0 Å². The van der Waals surface area contributed by atoms with Crippen molar-refractivity contribution < 1.29 is 14.7 Å². The Bertz CT molecular complexity index is 751. The average Bonchev–Trinajstić information content (AvgIpc) is 2.88. The Morgan fingerprint density at radius 2 is 1.80 bits per heavy atom. The number of thiazole rings is 1. The van der Waals surface area contributed by atoms with Crippen LogP contribution in [0.25, 0.3) is 0 Å². The number of anilines is 1. The van der Waals surface area contributed by atoms with Crippen molar-refractivity contribution >= 4 is 28.9 Å². The first-order chi connectivity index (χ1) is 11.8. The molecule has 25 heavy (non-hydrogen) atoms. The lowest BCUT2D eigenvalue weighted by atomic mass is 10.0. The number of hydrogen-bond donors (Lipinski definition) is 2. The predicted octanol–water partition coefficient (Wildman–Crippen LogP) is 4.17. The molecule has 2 rings (SSSR count). The summed E-state index contributed by atoms with van der Waals surface area (Å²) in [5.74, 6) is -0.953. The van der Waals surface area contributed by atoms with Gasteiger partial charge in [0.1, 0.15) is 4.88 Å². The van der Waals surface area contributed by atoms with Crippen molar-refractivity contribution in [3.63, 3.8) is 0 Å². The molecule has 1 amide bonds. The normalized spacial score (nSPS) is 12.2. The summed E-state index contributed by atoms with van der Waals surface area (Å²) in [5, 5.41) is 12.8. The summed E-state index contributed by atoms with van der Waals surface area (Å²) in [6.07, 6.45) is 1.25. The van der Waals surface area contributed by atoms with E-state index in [-0.39, 0.29) is 5.91 Å². The van der Waals surface area contributed by atoms with Crippen LogP contribution in [0.15, 0.2) is 24.3 Å². The number of carboxylic acids is 1. The lowest BCUT2D eigenvalue weighted by Crippen LogP contribution is -2.14. The number of aryl methyl sites for hydroxylation is 1. The van der Waals surface area contributed by atoms with E-state index in [1.165, 1.54) is 11.3 Å². The third-order valence-corrected chi connectivity index (χ3v) is 4.80. The highest BCUT2D eigenvalue weighted by Crippen LogP contribution is 2.22. The fraction of sp³-hybridized carbons (Fsp3) is 0.421. The summed E-state index contributed by atoms with van der Waals surface area (Å²) in [4.78, 5) is 28.6. The van der Waals surface area contributed by atoms with Gasteiger partial charge in [-0.2, -0.15) is 0 Å². The van der Waals surface area contributed by atoms with Gasteiger partial charge in [0.2, 0.25) is 0 Å². The van der Waals surface area contributed by atoms with Crippen molar-refractivity contribution in [3.8, 4) is 0 Å². The van der Waals surface area contributed by atoms with Gasteiger partial charge in [-0.1, -0.05) is 32.9 Å². The summed E-state index contributed by atoms with van der Waals surface area (Å²) in [7, 11) is 0. The van der Waals surface area contributed by atoms with E-state index < -0.39 is 11.9 Å². The van der Waals surface area contributed by atoms with Gasteiger partial charge < -0.3 is 10.4 Å². The van der Waals surface area contributed by atoms with Gasteiger partial charge in [-0.25, -0.2) is 4.98 Å². The number of carbonyl (C=O) groups excluding carboxylic acids is 1. The Balaban J connectivity index is 2.07. The largest absolute Gasteiger partial charge is 0.481 e. The molecule has 5 nitrogen and oxygen atoms in total. The molecule has 0 bridgehead atoms. The quantitative estimate of drug-likeness (QED) is 0.777. The topological polar surface area (TPSA) is 79.3 Å². The van der Waals surface area contributed by atoms with Crippen LogP contribution in [0, 0.1) is 18.8 Å². The van der Waals surface area contributed by atoms with Crippen LogP contribution in [-0.2, 0) is 17.6 Å². The minimum absolute atomic E-state index is 0.145. The van der Waals surface area contributed by atoms with Gasteiger partial charge in [-0.15, -0.1) is 11.3 Å². The zero-order valence-corrected chi connectivity index (χ0v) is 15.8. The van der Waals surface area contributed by atoms with E-state index in [0.29, 0.717) is 22.9 Å². The van der Waals surface area contributed by atoms with Crippen molar-refractivity contribution in [2.45, 2.75) is 40.5 Å². The number of rotatable bonds is 7. The van der Waals surface area contributed by atoms with Crippen LogP contribution >= 0.6 is 11.3 Å². The van der Waals surface area contributed by atoms with Gasteiger partial charge in [-0.3, -0.25) is 9.59 Å². The SMILES string of the molecule is Cc1nc(CC(C)C)c(C(=O)Nc2ccc(CC(C)C(=O)O)cc2)s1. The number of amides is 1. The molecule has 0 radical (unpaired) electrons. The average molecular weight is 360 g/mol. The number of nitrogens with zero attached hydrogens (tertiary/aromatic N) is 1. The fourth-order valence-electron chi connectivity index (χ4n) is 2.53. The Hall–Kier alpha value is -2.21. The highest BCUT2D eigenvalue weighted by Gasteiger charge is 2.18. The van der Waals surface area contributed by atoms with E-state index in [0.717, 1.165) is 22.7 Å². The molecule has 1 aromatic carbocycles. The third kappa shape index (κ3) is 5.39. The minimum Gasteiger partial charge on any atom is -0.481 e. The van der Waals surface area contributed by atoms with Gasteiger partial charge in [-0.05, 0) is 43.4 Å². The van der Waals surface area contributed by atoms with E-state index in [1.807, 2.05) is 19.1 Å². The third-order valence-electron chi connectivity index (χ3n) is 3.79. The van der Waals surface area contributed by atoms with Crippen molar-refractivity contribution in [3.05, 3.63) is 45.4 Å². The summed E-state index contributed by atoms with van der Waals surface area (Å²) in [6, 6.07) is 7.31. The van der Waals surface area contributed by atoms with Crippen LogP contribution in [0.5, 0.6) is 0 Å². The maximum Gasteiger partial charge on any atom is 0.306 e. The highest BCUT2D eigenvalue weighted by molar-refractivity contribution is 7.13. The van der Waals surface area contributed by atoms with Crippen molar-refractivity contribution in [2.24, 2.45) is 11.8 Å². The summed E-state index contributed by atoms with van der Waals surface area (Å²) in [6.45, 7) is 7.80. The molecule has 1 heterocycles. The maximum absolute atomic E-state index is 12.6. The Labute approximate surface area is 152 Å². The molecule has 0 aliphatic carbocycles.